The topological polar surface area (TPSA) is 95.4 Å². The van der Waals surface area contributed by atoms with Gasteiger partial charge in [-0.25, -0.2) is 9.78 Å². The Hall–Kier alpha value is -3.94. The van der Waals surface area contributed by atoms with Crippen molar-refractivity contribution < 1.29 is 23.7 Å². The van der Waals surface area contributed by atoms with Crippen molar-refractivity contribution in [1.29, 1.82) is 0 Å². The normalized spacial score (nSPS) is 14.1. The number of hydrogen-bond donors (Lipinski definition) is 1. The number of ether oxygens (including phenoxy) is 1. The minimum absolute atomic E-state index is 0.136. The molecule has 0 saturated heterocycles. The van der Waals surface area contributed by atoms with Gasteiger partial charge in [0.1, 0.15) is 11.4 Å². The van der Waals surface area contributed by atoms with E-state index in [1.54, 1.807) is 41.4 Å². The molecule has 0 saturated carbocycles. The molecule has 30 heavy (non-hydrogen) atoms. The Kier molecular flexibility index (Phi) is 5.05. The van der Waals surface area contributed by atoms with Crippen LogP contribution in [0.2, 0.25) is 0 Å². The molecule has 4 rings (SSSR count). The van der Waals surface area contributed by atoms with Crippen molar-refractivity contribution in [2.24, 2.45) is 0 Å². The van der Waals surface area contributed by atoms with E-state index in [4.69, 9.17) is 4.74 Å². The first kappa shape index (κ1) is 19.4. The number of methoxy groups -OCH3 is 1. The van der Waals surface area contributed by atoms with Gasteiger partial charge >= 0.3 is 11.7 Å². The maximum Gasteiger partial charge on any atom is 0.458 e. The Labute approximate surface area is 172 Å². The fraction of sp³-hybridized carbons (Fsp3) is 0.182. The number of Topliss-reactive ketones (excluding diaryl/α,β-unsaturated/α-hetero) is 1. The number of H-pyrrole nitrogens is 1. The summed E-state index contributed by atoms with van der Waals surface area (Å²) in [5, 5.41) is 0.460. The fourth-order valence-corrected chi connectivity index (χ4v) is 3.56. The van der Waals surface area contributed by atoms with Gasteiger partial charge in [-0.2, -0.15) is 4.58 Å². The second-order valence-electron chi connectivity index (χ2n) is 6.88. The summed E-state index contributed by atoms with van der Waals surface area (Å²) in [6, 6.07) is 10.5. The zero-order chi connectivity index (χ0) is 21.3. The van der Waals surface area contributed by atoms with Gasteiger partial charge < -0.3 is 21.5 Å². The van der Waals surface area contributed by atoms with Crippen LogP contribution in [0.4, 0.5) is 0 Å². The van der Waals surface area contributed by atoms with Gasteiger partial charge in [0.05, 0.1) is 31.1 Å². The number of aromatic amines is 1. The molecule has 1 N–H and O–H groups in total. The van der Waals surface area contributed by atoms with E-state index in [0.29, 0.717) is 34.6 Å². The Balaban J connectivity index is 1.58. The van der Waals surface area contributed by atoms with E-state index in [2.05, 4.69) is 16.9 Å². The van der Waals surface area contributed by atoms with Crippen LogP contribution in [-0.2, 0) is 4.79 Å². The third-order valence-corrected chi connectivity index (χ3v) is 5.10. The number of amides is 2. The Bertz CT molecular complexity index is 1180. The summed E-state index contributed by atoms with van der Waals surface area (Å²) in [7, 11) is 1.49. The van der Waals surface area contributed by atoms with E-state index in [-0.39, 0.29) is 24.6 Å². The monoisotopic (exact) mass is 404 g/mol. The number of nitrogens with one attached hydrogen (secondary N) is 1. The van der Waals surface area contributed by atoms with Gasteiger partial charge in [0, 0.05) is 23.7 Å². The molecule has 0 bridgehead atoms. The number of rotatable bonds is 4. The van der Waals surface area contributed by atoms with Crippen molar-refractivity contribution in [2.75, 3.05) is 26.7 Å². The lowest BCUT2D eigenvalue weighted by Crippen LogP contribution is -2.49. The van der Waals surface area contributed by atoms with Gasteiger partial charge in [0.2, 0.25) is 0 Å². The molecule has 8 heteroatoms. The molecule has 0 fully saturated rings. The maximum absolute atomic E-state index is 13.0. The van der Waals surface area contributed by atoms with Gasteiger partial charge in [-0.3, -0.25) is 9.59 Å². The zero-order valence-electron chi connectivity index (χ0n) is 16.4. The van der Waals surface area contributed by atoms with Gasteiger partial charge in [0.15, 0.2) is 6.54 Å². The van der Waals surface area contributed by atoms with Crippen molar-refractivity contribution >= 4 is 34.3 Å². The lowest BCUT2D eigenvalue weighted by Gasteiger charge is -2.27. The number of aromatic nitrogens is 2. The van der Waals surface area contributed by atoms with Crippen molar-refractivity contribution in [2.45, 2.75) is 0 Å². The molecule has 1 aliphatic rings. The largest absolute Gasteiger partial charge is 0.496 e. The molecule has 152 valence electrons. The van der Waals surface area contributed by atoms with E-state index in [9.17, 15) is 14.4 Å². The Morgan fingerprint density at radius 2 is 1.97 bits per heavy atom. The molecule has 1 aromatic carbocycles. The molecule has 2 aromatic heterocycles. The molecular weight excluding hydrogens is 384 g/mol. The number of ketones is 1. The summed E-state index contributed by atoms with van der Waals surface area (Å²) in [4.78, 5) is 47.2. The van der Waals surface area contributed by atoms with Gasteiger partial charge in [0.25, 0.3) is 5.91 Å². The van der Waals surface area contributed by atoms with Crippen molar-refractivity contribution in [3.8, 4) is 5.75 Å². The Morgan fingerprint density at radius 3 is 2.67 bits per heavy atom. The summed E-state index contributed by atoms with van der Waals surface area (Å²) in [5.41, 5.74) is 1.62. The van der Waals surface area contributed by atoms with Crippen LogP contribution in [0.1, 0.15) is 20.7 Å². The predicted molar refractivity (Wildman–Crippen MR) is 110 cm³/mol. The van der Waals surface area contributed by atoms with Crippen LogP contribution in [0.3, 0.4) is 0 Å². The molecule has 3 heterocycles. The molecule has 0 atom stereocenters. The van der Waals surface area contributed by atoms with E-state index < -0.39 is 11.7 Å². The van der Waals surface area contributed by atoms with E-state index in [1.165, 1.54) is 17.9 Å². The molecule has 3 aromatic rings. The fourth-order valence-electron chi connectivity index (χ4n) is 3.56. The molecule has 1 aliphatic heterocycles. The van der Waals surface area contributed by atoms with Crippen molar-refractivity contribution in [3.63, 3.8) is 0 Å². The van der Waals surface area contributed by atoms with Gasteiger partial charge in [-0.1, -0.05) is 18.2 Å². The van der Waals surface area contributed by atoms with Crippen LogP contribution in [0.15, 0.2) is 48.8 Å². The smallest absolute Gasteiger partial charge is 0.458 e. The first-order valence-corrected chi connectivity index (χ1v) is 9.39. The number of hydrogen-bond acceptors (Lipinski definition) is 5. The minimum Gasteiger partial charge on any atom is -0.496 e. The first-order chi connectivity index (χ1) is 14.5. The molecule has 8 nitrogen and oxygen atoms in total. The lowest BCUT2D eigenvalue weighted by molar-refractivity contribution is -0.448. The second kappa shape index (κ2) is 7.82. The minimum atomic E-state index is -0.696. The number of carbonyl (C=O) groups is 3. The van der Waals surface area contributed by atoms with E-state index >= 15 is 0 Å². The molecule has 0 aliphatic carbocycles. The highest BCUT2D eigenvalue weighted by molar-refractivity contribution is 6.43. The summed E-state index contributed by atoms with van der Waals surface area (Å²) < 4.78 is 6.64. The first-order valence-electron chi connectivity index (χ1n) is 9.39. The van der Waals surface area contributed by atoms with Crippen LogP contribution < -0.4 is 4.74 Å². The highest BCUT2D eigenvalue weighted by Crippen LogP contribution is 2.27. The number of nitrogens with zero attached hydrogens (tertiary/aromatic N) is 3. The standard InChI is InChI=1S/C22H20N4O4/c1-14-13-25(21(28)15-6-4-3-5-7-15)10-11-26(14)22(29)19(27)16-12-24-20-18(16)17(30-2)8-9-23-20/h3-9,12H,1,10-11,13H2,2H3,(H,23,24). The predicted octanol–water partition coefficient (Wildman–Crippen LogP) is 1.72. The van der Waals surface area contributed by atoms with Crippen LogP contribution in [0.25, 0.3) is 11.0 Å². The number of pyridine rings is 1. The second-order valence-corrected chi connectivity index (χ2v) is 6.88. The number of benzene rings is 1. The van der Waals surface area contributed by atoms with Gasteiger partial charge in [-0.15, -0.1) is 0 Å². The average molecular weight is 404 g/mol. The van der Waals surface area contributed by atoms with Crippen LogP contribution in [0.5, 0.6) is 5.75 Å². The summed E-state index contributed by atoms with van der Waals surface area (Å²) in [5.74, 6) is -1.06. The lowest BCUT2D eigenvalue weighted by atomic mass is 10.1. The van der Waals surface area contributed by atoms with Crippen LogP contribution in [-0.4, -0.2) is 69.5 Å². The van der Waals surface area contributed by atoms with Gasteiger partial charge in [-0.05, 0) is 18.2 Å². The van der Waals surface area contributed by atoms with E-state index in [1.807, 2.05) is 6.07 Å². The van der Waals surface area contributed by atoms with E-state index in [0.717, 1.165) is 0 Å². The number of carbonyl (C=O) groups excluding carboxylic acids is 3. The summed E-state index contributed by atoms with van der Waals surface area (Å²) >= 11 is 0. The maximum atomic E-state index is 13.0. The molecule has 0 unspecified atom stereocenters. The van der Waals surface area contributed by atoms with Crippen molar-refractivity contribution in [1.82, 2.24) is 14.9 Å². The van der Waals surface area contributed by atoms with Crippen LogP contribution in [0, 0.1) is 6.92 Å². The number of fused-ring (bicyclic) bond motifs is 1. The quantitative estimate of drug-likeness (QED) is 0.309. The highest BCUT2D eigenvalue weighted by atomic mass is 16.5. The molecule has 0 radical (unpaired) electrons. The average Bonchev–Trinajstić information content (AvgIpc) is 3.22. The SMILES string of the molecule is [CH2-]C1=[N+](C(=O)C(=O)c2c[nH]c3nccc(OC)c23)CCN(C(=O)c2ccccc2)C1. The zero-order valence-corrected chi connectivity index (χ0v) is 16.4. The summed E-state index contributed by atoms with van der Waals surface area (Å²) in [6.07, 6.45) is 3.01. The Morgan fingerprint density at radius 1 is 1.20 bits per heavy atom. The highest BCUT2D eigenvalue weighted by Gasteiger charge is 2.34. The third kappa shape index (κ3) is 3.32. The third-order valence-electron chi connectivity index (χ3n) is 5.10. The summed E-state index contributed by atoms with van der Waals surface area (Å²) in [6.45, 7) is 4.59. The van der Waals surface area contributed by atoms with Crippen LogP contribution >= 0.6 is 0 Å². The molecular formula is C22H20N4O4. The molecule has 2 amide bonds. The molecule has 0 spiro atoms. The van der Waals surface area contributed by atoms with Crippen molar-refractivity contribution in [3.05, 3.63) is 66.8 Å².